The van der Waals surface area contributed by atoms with Crippen LogP contribution in [-0.2, 0) is 63.0 Å². The molecular weight excluding hydrogens is 1430 g/mol. The van der Waals surface area contributed by atoms with E-state index in [0.29, 0.717) is 0 Å². The van der Waals surface area contributed by atoms with E-state index in [4.69, 9.17) is 0 Å². The molecule has 1 heterocycles. The fraction of sp³-hybridized carbons (Fsp3) is 0.314. The number of nitrogens with zero attached hydrogens (tertiary/aromatic N) is 3. The molecule has 13 aromatic rings. The summed E-state index contributed by atoms with van der Waals surface area (Å²) in [6.45, 7) is 49.7. The zero-order chi connectivity index (χ0) is 82.0. The van der Waals surface area contributed by atoms with Crippen LogP contribution in [0, 0.1) is 0 Å². The average Bonchev–Trinajstić information content (AvgIpc) is 1.60. The first kappa shape index (κ1) is 80.5. The van der Waals surface area contributed by atoms with Gasteiger partial charge in [0.15, 0.2) is 0 Å². The van der Waals surface area contributed by atoms with Crippen LogP contribution < -0.4 is 9.80 Å². The van der Waals surface area contributed by atoms with Crippen molar-refractivity contribution in [3.8, 4) is 16.8 Å². The zero-order valence-electron chi connectivity index (χ0n) is 71.2. The van der Waals surface area contributed by atoms with Crippen molar-refractivity contribution >= 4 is 75.6 Å². The number of hydrogen-bond donors (Lipinski definition) is 0. The van der Waals surface area contributed by atoms with E-state index in [1.54, 1.807) is 48.5 Å². The molecule has 586 valence electrons. The van der Waals surface area contributed by atoms with Crippen LogP contribution in [0.4, 0.5) is 34.1 Å². The Balaban J connectivity index is 0.700. The van der Waals surface area contributed by atoms with E-state index in [-0.39, 0.29) is 68.8 Å². The van der Waals surface area contributed by atoms with Crippen molar-refractivity contribution in [3.05, 3.63) is 328 Å². The van der Waals surface area contributed by atoms with Gasteiger partial charge in [0.2, 0.25) is 19.7 Å². The molecule has 0 spiro atoms. The Kier molecular flexibility index (Phi) is 20.5. The third-order valence-corrected chi connectivity index (χ3v) is 27.7. The van der Waals surface area contributed by atoms with Gasteiger partial charge in [0, 0.05) is 56.5 Å². The van der Waals surface area contributed by atoms with Gasteiger partial charge in [-0.1, -0.05) is 262 Å². The summed E-state index contributed by atoms with van der Waals surface area (Å²) >= 11 is 0. The second kappa shape index (κ2) is 29.0. The Morgan fingerprint density at radius 3 is 0.833 bits per heavy atom. The van der Waals surface area contributed by atoms with E-state index in [9.17, 15) is 16.8 Å². The number of sulfone groups is 2. The fourth-order valence-corrected chi connectivity index (χ4v) is 18.9. The second-order valence-corrected chi connectivity index (χ2v) is 43.4. The maximum absolute atomic E-state index is 14.7. The molecule has 1 unspecified atom stereocenters. The van der Waals surface area contributed by atoms with Gasteiger partial charge in [0.05, 0.1) is 30.6 Å². The summed E-state index contributed by atoms with van der Waals surface area (Å²) in [4.78, 5) is 5.36. The van der Waals surface area contributed by atoms with Gasteiger partial charge in [-0.05, 0) is 286 Å². The molecule has 0 N–H and O–H groups in total. The lowest BCUT2D eigenvalue weighted by atomic mass is 9.72. The predicted octanol–water partition coefficient (Wildman–Crippen LogP) is 28.4. The molecule has 0 fully saturated rings. The van der Waals surface area contributed by atoms with Gasteiger partial charge in [-0.15, -0.1) is 0 Å². The van der Waals surface area contributed by atoms with Gasteiger partial charge in [-0.2, -0.15) is 0 Å². The molecule has 114 heavy (non-hydrogen) atoms. The lowest BCUT2D eigenvalue weighted by Gasteiger charge is -2.33. The molecule has 0 saturated heterocycles. The van der Waals surface area contributed by atoms with Crippen LogP contribution in [0.1, 0.15) is 232 Å². The Bertz CT molecular complexity index is 5860. The van der Waals surface area contributed by atoms with Gasteiger partial charge in [0.25, 0.3) is 0 Å². The lowest BCUT2D eigenvalue weighted by Crippen LogP contribution is -2.24. The third-order valence-electron chi connectivity index (χ3n) is 24.2. The molecule has 1 aliphatic carbocycles. The highest BCUT2D eigenvalue weighted by molar-refractivity contribution is 7.91. The van der Waals surface area contributed by atoms with Gasteiger partial charge in [0.1, 0.15) is 0 Å². The Hall–Kier alpha value is -10.1. The first-order valence-electron chi connectivity index (χ1n) is 40.6. The number of anilines is 6. The van der Waals surface area contributed by atoms with Crippen molar-refractivity contribution in [2.45, 2.75) is 234 Å². The summed E-state index contributed by atoms with van der Waals surface area (Å²) in [6.07, 6.45) is 1.85. The van der Waals surface area contributed by atoms with E-state index in [2.05, 4.69) is 337 Å². The van der Waals surface area contributed by atoms with Crippen molar-refractivity contribution in [3.63, 3.8) is 0 Å². The molecule has 0 aliphatic heterocycles. The van der Waals surface area contributed by atoms with E-state index in [1.165, 1.54) is 77.5 Å². The smallest absolute Gasteiger partial charge is 0.206 e. The number of rotatable bonds is 17. The van der Waals surface area contributed by atoms with Crippen LogP contribution >= 0.6 is 0 Å². The Morgan fingerprint density at radius 1 is 0.263 bits per heavy atom. The number of fused-ring (bicyclic) bond motifs is 6. The minimum atomic E-state index is -3.92. The molecule has 9 heteroatoms. The molecule has 0 radical (unpaired) electrons. The maximum Gasteiger partial charge on any atom is 0.206 e. The lowest BCUT2D eigenvalue weighted by molar-refractivity contribution is 0.375. The normalized spacial score (nSPS) is 14.0. The molecule has 0 saturated carbocycles. The quantitative estimate of drug-likeness (QED) is 0.0904. The van der Waals surface area contributed by atoms with E-state index < -0.39 is 19.7 Å². The summed E-state index contributed by atoms with van der Waals surface area (Å²) in [5.74, 6) is -0.0854. The highest BCUT2D eigenvalue weighted by Gasteiger charge is 2.36. The largest absolute Gasteiger partial charge is 0.311 e. The predicted molar refractivity (Wildman–Crippen MR) is 481 cm³/mol. The summed E-state index contributed by atoms with van der Waals surface area (Å²) in [5, 5.41) is 2.37. The minimum Gasteiger partial charge on any atom is -0.311 e. The van der Waals surface area contributed by atoms with Gasteiger partial charge in [-0.25, -0.2) is 16.8 Å². The van der Waals surface area contributed by atoms with Crippen LogP contribution in [0.25, 0.3) is 38.6 Å². The van der Waals surface area contributed by atoms with Crippen molar-refractivity contribution in [1.82, 2.24) is 4.57 Å². The molecule has 1 aromatic heterocycles. The molecule has 14 rings (SSSR count). The monoisotopic (exact) mass is 1550 g/mol. The van der Waals surface area contributed by atoms with Gasteiger partial charge < -0.3 is 14.4 Å². The van der Waals surface area contributed by atoms with Crippen molar-refractivity contribution in [2.75, 3.05) is 9.80 Å². The van der Waals surface area contributed by atoms with Crippen LogP contribution in [-0.4, -0.2) is 21.4 Å². The van der Waals surface area contributed by atoms with E-state index in [0.717, 1.165) is 69.3 Å². The summed E-state index contributed by atoms with van der Waals surface area (Å²) < 4.78 is 61.1. The first-order valence-corrected chi connectivity index (χ1v) is 43.6. The highest BCUT2D eigenvalue weighted by atomic mass is 32.2. The molecule has 1 aliphatic rings. The van der Waals surface area contributed by atoms with Crippen molar-refractivity contribution in [1.29, 1.82) is 0 Å². The SMILES string of the molecule is CC(C)(C)c1ccc(N(c2ccc(C(C)(C)C)cc2)c2ccc(S(=O)(=O)c3ccc(N(c4ccc(C(C)(C)C)cc4)c4ccc(C(C)(C)CCC(C)(C)c5ccc6c(c5)-c5cc(C(C)(C)C)ccc5C6c5ccc(S(=O)(=O)c6ccc(-n7c8ccc(C(C)(C)C)cc8c8cc(C(C)(C)C)ccc87)cc6)cc5)cc4)cc3)cc2)cc1. The highest BCUT2D eigenvalue weighted by Crippen LogP contribution is 2.52. The van der Waals surface area contributed by atoms with Crippen LogP contribution in [0.3, 0.4) is 0 Å². The maximum atomic E-state index is 14.7. The minimum absolute atomic E-state index is 0.00838. The van der Waals surface area contributed by atoms with Gasteiger partial charge >= 0.3 is 0 Å². The molecular formula is C105H115N3O4S2. The summed E-state index contributed by atoms with van der Waals surface area (Å²) in [5.41, 5.74) is 24.0. The number of benzene rings is 12. The molecule has 0 amide bonds. The Morgan fingerprint density at radius 2 is 0.509 bits per heavy atom. The number of aromatic nitrogens is 1. The summed E-state index contributed by atoms with van der Waals surface area (Å²) in [6, 6.07) is 92.3. The topological polar surface area (TPSA) is 79.7 Å². The number of hydrogen-bond acceptors (Lipinski definition) is 6. The van der Waals surface area contributed by atoms with Gasteiger partial charge in [-0.3, -0.25) is 0 Å². The zero-order valence-corrected chi connectivity index (χ0v) is 72.8. The fourth-order valence-electron chi connectivity index (χ4n) is 16.4. The van der Waals surface area contributed by atoms with E-state index in [1.807, 2.05) is 48.5 Å². The first-order chi connectivity index (χ1) is 53.3. The van der Waals surface area contributed by atoms with Crippen LogP contribution in [0.15, 0.2) is 287 Å². The van der Waals surface area contributed by atoms with E-state index >= 15 is 0 Å². The van der Waals surface area contributed by atoms with Crippen LogP contribution in [0.5, 0.6) is 0 Å². The van der Waals surface area contributed by atoms with Crippen LogP contribution in [0.2, 0.25) is 0 Å². The summed E-state index contributed by atoms with van der Waals surface area (Å²) in [7, 11) is -7.80. The Labute approximate surface area is 681 Å². The molecule has 0 bridgehead atoms. The standard InChI is InChI=1S/C105H115N3O4S2/c1-98(2,3)70-25-37-78(38-26-70)106(79-39-27-71(28-40-79)99(4,5)6)82-45-53-86(54-46-82)114(111,112)87-55-47-83(48-56-87)107(80-41-29-72(30-42-80)100(7,8)9)81-43-31-73(32-44-81)104(19,20)63-64-105(21,22)77-34-60-90-92(68-77)91-65-74(101(10,11)12)33-59-89(91)97(90)69-23-51-85(52-24-69)113(109,110)88-57-49-84(50-58-88)108-95-61-35-75(102(13,14)15)66-93(95)94-67-76(103(16,17)18)36-62-96(94)108/h23-62,65-68,97H,63-64H2,1-22H3. The third kappa shape index (κ3) is 15.7. The molecule has 7 nitrogen and oxygen atoms in total. The van der Waals surface area contributed by atoms with Crippen molar-refractivity contribution in [2.24, 2.45) is 0 Å². The molecule has 1 atom stereocenters. The second-order valence-electron chi connectivity index (χ2n) is 39.5. The average molecular weight is 1550 g/mol. The molecule has 12 aromatic carbocycles. The van der Waals surface area contributed by atoms with Crippen molar-refractivity contribution < 1.29 is 16.8 Å².